The van der Waals surface area contributed by atoms with Crippen molar-refractivity contribution in [3.8, 4) is 0 Å². The first-order valence-corrected chi connectivity index (χ1v) is 3.92. The lowest BCUT2D eigenvalue weighted by molar-refractivity contribution is 0.849. The molecule has 0 N–H and O–H groups in total. The fourth-order valence-corrected chi connectivity index (χ4v) is 0.747. The SMILES string of the molecule is [N-]=[N+]=NCCC/C=C/I. The molecule has 0 aliphatic heterocycles. The summed E-state index contributed by atoms with van der Waals surface area (Å²) in [6, 6.07) is 0. The number of hydrogen-bond acceptors (Lipinski definition) is 1. The largest absolute Gasteiger partial charge is 0.0940 e. The van der Waals surface area contributed by atoms with Gasteiger partial charge >= 0.3 is 0 Å². The van der Waals surface area contributed by atoms with Crippen molar-refractivity contribution >= 4 is 22.6 Å². The van der Waals surface area contributed by atoms with Crippen LogP contribution in [0.3, 0.4) is 0 Å². The number of unbranched alkanes of at least 4 members (excludes halogenated alkanes) is 1. The van der Waals surface area contributed by atoms with Crippen molar-refractivity contribution in [3.05, 3.63) is 20.6 Å². The Balaban J connectivity index is 3.00. The second-order valence-corrected chi connectivity index (χ2v) is 2.18. The van der Waals surface area contributed by atoms with Crippen LogP contribution in [0.5, 0.6) is 0 Å². The average molecular weight is 237 g/mol. The standard InChI is InChI=1S/C5H8IN3/c6-4-2-1-3-5-8-9-7/h2,4H,1,3,5H2/b4-2+. The molecule has 9 heavy (non-hydrogen) atoms. The first kappa shape index (κ1) is 8.78. The van der Waals surface area contributed by atoms with E-state index in [-0.39, 0.29) is 0 Å². The van der Waals surface area contributed by atoms with Crippen LogP contribution in [0, 0.1) is 0 Å². The molecule has 0 rings (SSSR count). The van der Waals surface area contributed by atoms with Gasteiger partial charge in [-0.15, -0.1) is 0 Å². The Bertz CT molecular complexity index is 126. The van der Waals surface area contributed by atoms with Gasteiger partial charge in [0.1, 0.15) is 0 Å². The summed E-state index contributed by atoms with van der Waals surface area (Å²) < 4.78 is 1.97. The highest BCUT2D eigenvalue weighted by atomic mass is 127. The molecule has 3 nitrogen and oxygen atoms in total. The van der Waals surface area contributed by atoms with Gasteiger partial charge in [-0.1, -0.05) is 33.8 Å². The highest BCUT2D eigenvalue weighted by molar-refractivity contribution is 14.1. The topological polar surface area (TPSA) is 48.8 Å². The summed E-state index contributed by atoms with van der Waals surface area (Å²) in [5.74, 6) is 0. The Hall–Kier alpha value is -0.220. The first-order chi connectivity index (χ1) is 4.41. The van der Waals surface area contributed by atoms with Gasteiger partial charge in [0.05, 0.1) is 0 Å². The lowest BCUT2D eigenvalue weighted by Gasteiger charge is -1.84. The molecule has 0 heterocycles. The molecule has 0 bridgehead atoms. The molecule has 0 saturated carbocycles. The Kier molecular flexibility index (Phi) is 7.59. The van der Waals surface area contributed by atoms with Crippen LogP contribution in [-0.2, 0) is 0 Å². The van der Waals surface area contributed by atoms with Crippen molar-refractivity contribution < 1.29 is 0 Å². The van der Waals surface area contributed by atoms with Gasteiger partial charge in [-0.05, 0) is 22.5 Å². The summed E-state index contributed by atoms with van der Waals surface area (Å²) in [6.07, 6.45) is 4.00. The molecule has 50 valence electrons. The second-order valence-electron chi connectivity index (χ2n) is 1.46. The van der Waals surface area contributed by atoms with Crippen LogP contribution in [0.1, 0.15) is 12.8 Å². The third-order valence-corrected chi connectivity index (χ3v) is 1.29. The molecule has 0 atom stereocenters. The van der Waals surface area contributed by atoms with Crippen LogP contribution in [0.15, 0.2) is 15.3 Å². The Morgan fingerprint density at radius 3 is 3.00 bits per heavy atom. The van der Waals surface area contributed by atoms with E-state index in [0.29, 0.717) is 6.54 Å². The normalized spacial score (nSPS) is 9.44. The molecule has 0 aromatic heterocycles. The predicted octanol–water partition coefficient (Wildman–Crippen LogP) is 3.03. The molecular formula is C5H8IN3. The summed E-state index contributed by atoms with van der Waals surface area (Å²) in [6.45, 7) is 0.609. The maximum atomic E-state index is 7.86. The van der Waals surface area contributed by atoms with Crippen molar-refractivity contribution in [2.75, 3.05) is 6.54 Å². The molecule has 0 aromatic rings. The lowest BCUT2D eigenvalue weighted by Crippen LogP contribution is -1.74. The Morgan fingerprint density at radius 1 is 1.67 bits per heavy atom. The van der Waals surface area contributed by atoms with Gasteiger partial charge in [0.15, 0.2) is 0 Å². The van der Waals surface area contributed by atoms with Crippen molar-refractivity contribution in [1.29, 1.82) is 0 Å². The molecule has 0 radical (unpaired) electrons. The maximum absolute atomic E-state index is 7.86. The molecular weight excluding hydrogens is 229 g/mol. The molecule has 0 aliphatic carbocycles. The first-order valence-electron chi connectivity index (χ1n) is 2.68. The fourth-order valence-electron chi connectivity index (χ4n) is 0.388. The van der Waals surface area contributed by atoms with Crippen LogP contribution in [0.4, 0.5) is 0 Å². The second kappa shape index (κ2) is 7.78. The minimum atomic E-state index is 0.609. The highest BCUT2D eigenvalue weighted by Crippen LogP contribution is 1.94. The van der Waals surface area contributed by atoms with E-state index in [4.69, 9.17) is 5.53 Å². The maximum Gasteiger partial charge on any atom is 0.0260 e. The van der Waals surface area contributed by atoms with E-state index in [9.17, 15) is 0 Å². The van der Waals surface area contributed by atoms with Crippen molar-refractivity contribution in [2.45, 2.75) is 12.8 Å². The van der Waals surface area contributed by atoms with Gasteiger partial charge in [0.25, 0.3) is 0 Å². The molecule has 0 aromatic carbocycles. The number of hydrogen-bond donors (Lipinski definition) is 0. The smallest absolute Gasteiger partial charge is 0.0260 e. The minimum Gasteiger partial charge on any atom is -0.0940 e. The molecule has 0 aliphatic rings. The zero-order chi connectivity index (χ0) is 6.95. The number of halogens is 1. The van der Waals surface area contributed by atoms with E-state index in [1.807, 2.05) is 10.2 Å². The summed E-state index contributed by atoms with van der Waals surface area (Å²) >= 11 is 2.16. The summed E-state index contributed by atoms with van der Waals surface area (Å²) in [7, 11) is 0. The van der Waals surface area contributed by atoms with Gasteiger partial charge in [-0.2, -0.15) is 0 Å². The van der Waals surface area contributed by atoms with Gasteiger partial charge < -0.3 is 0 Å². The van der Waals surface area contributed by atoms with Gasteiger partial charge in [0.2, 0.25) is 0 Å². The van der Waals surface area contributed by atoms with E-state index in [1.165, 1.54) is 0 Å². The molecule has 0 amide bonds. The summed E-state index contributed by atoms with van der Waals surface area (Å²) in [4.78, 5) is 2.63. The molecule has 0 spiro atoms. The van der Waals surface area contributed by atoms with Gasteiger partial charge in [-0.3, -0.25) is 0 Å². The monoisotopic (exact) mass is 237 g/mol. The highest BCUT2D eigenvalue weighted by Gasteiger charge is 1.77. The summed E-state index contributed by atoms with van der Waals surface area (Å²) in [5.41, 5.74) is 7.86. The fraction of sp³-hybridized carbons (Fsp3) is 0.600. The van der Waals surface area contributed by atoms with Crippen LogP contribution in [0.25, 0.3) is 10.4 Å². The van der Waals surface area contributed by atoms with Crippen LogP contribution < -0.4 is 0 Å². The van der Waals surface area contributed by atoms with E-state index in [2.05, 4.69) is 32.6 Å². The molecule has 0 saturated heterocycles. The molecule has 0 unspecified atom stereocenters. The van der Waals surface area contributed by atoms with E-state index in [0.717, 1.165) is 12.8 Å². The lowest BCUT2D eigenvalue weighted by atomic mass is 10.3. The van der Waals surface area contributed by atoms with Crippen LogP contribution >= 0.6 is 22.6 Å². The number of rotatable bonds is 4. The molecule has 4 heteroatoms. The zero-order valence-corrected chi connectivity index (χ0v) is 7.15. The average Bonchev–Trinajstić information content (AvgIpc) is 1.89. The number of allylic oxidation sites excluding steroid dienone is 1. The Labute approximate surface area is 67.9 Å². The zero-order valence-electron chi connectivity index (χ0n) is 5.00. The van der Waals surface area contributed by atoms with Crippen molar-refractivity contribution in [3.63, 3.8) is 0 Å². The van der Waals surface area contributed by atoms with Crippen LogP contribution in [-0.4, -0.2) is 6.54 Å². The van der Waals surface area contributed by atoms with E-state index < -0.39 is 0 Å². The van der Waals surface area contributed by atoms with Gasteiger partial charge in [0, 0.05) is 11.5 Å². The Morgan fingerprint density at radius 2 is 2.44 bits per heavy atom. The third-order valence-electron chi connectivity index (χ3n) is 0.781. The van der Waals surface area contributed by atoms with E-state index in [1.54, 1.807) is 0 Å². The number of nitrogens with zero attached hydrogens (tertiary/aromatic N) is 3. The van der Waals surface area contributed by atoms with E-state index >= 15 is 0 Å². The predicted molar refractivity (Wildman–Crippen MR) is 46.4 cm³/mol. The van der Waals surface area contributed by atoms with Crippen molar-refractivity contribution in [1.82, 2.24) is 0 Å². The van der Waals surface area contributed by atoms with Gasteiger partial charge in [-0.25, -0.2) is 0 Å². The van der Waals surface area contributed by atoms with Crippen molar-refractivity contribution in [2.24, 2.45) is 5.11 Å². The number of azide groups is 1. The summed E-state index contributed by atoms with van der Waals surface area (Å²) in [5, 5.41) is 3.39. The van der Waals surface area contributed by atoms with Crippen LogP contribution in [0.2, 0.25) is 0 Å². The quantitative estimate of drug-likeness (QED) is 0.237. The minimum absolute atomic E-state index is 0.609. The third kappa shape index (κ3) is 7.78. The molecule has 0 fully saturated rings.